The fourth-order valence-corrected chi connectivity index (χ4v) is 3.21. The van der Waals surface area contributed by atoms with Crippen LogP contribution in [0.25, 0.3) is 0 Å². The van der Waals surface area contributed by atoms with Gasteiger partial charge in [-0.05, 0) is 42.3 Å². The van der Waals surface area contributed by atoms with E-state index in [1.54, 1.807) is 6.07 Å². The van der Waals surface area contributed by atoms with Crippen LogP contribution < -0.4 is 5.32 Å². The molecule has 0 amide bonds. The van der Waals surface area contributed by atoms with Crippen molar-refractivity contribution in [1.82, 2.24) is 5.32 Å². The molecule has 1 atom stereocenters. The zero-order valence-electron chi connectivity index (χ0n) is 11.9. The zero-order chi connectivity index (χ0) is 14.3. The third-order valence-corrected chi connectivity index (χ3v) is 4.56. The van der Waals surface area contributed by atoms with E-state index in [4.69, 9.17) is 11.6 Å². The van der Waals surface area contributed by atoms with Crippen LogP contribution in [0.4, 0.5) is 4.39 Å². The summed E-state index contributed by atoms with van der Waals surface area (Å²) in [7, 11) is 0. The van der Waals surface area contributed by atoms with Crippen LogP contribution in [-0.2, 0) is 6.42 Å². The highest BCUT2D eigenvalue weighted by atomic mass is 35.5. The Morgan fingerprint density at radius 3 is 2.63 bits per heavy atom. The third-order valence-electron chi connectivity index (χ3n) is 2.73. The van der Waals surface area contributed by atoms with Crippen LogP contribution in [0, 0.1) is 11.7 Å². The van der Waals surface area contributed by atoms with Gasteiger partial charge in [0.25, 0.3) is 0 Å². The van der Waals surface area contributed by atoms with E-state index in [9.17, 15) is 4.39 Å². The van der Waals surface area contributed by atoms with Gasteiger partial charge in [-0.15, -0.1) is 0 Å². The lowest BCUT2D eigenvalue weighted by atomic mass is 10.1. The van der Waals surface area contributed by atoms with E-state index < -0.39 is 0 Å². The highest BCUT2D eigenvalue weighted by molar-refractivity contribution is 7.99. The molecule has 0 radical (unpaired) electrons. The minimum absolute atomic E-state index is 0.211. The summed E-state index contributed by atoms with van der Waals surface area (Å²) in [5.41, 5.74) is 1.09. The number of hydrogen-bond donors (Lipinski definition) is 1. The predicted molar refractivity (Wildman–Crippen MR) is 84.7 cm³/mol. The van der Waals surface area contributed by atoms with E-state index in [2.05, 4.69) is 26.1 Å². The highest BCUT2D eigenvalue weighted by Gasteiger charge is 2.10. The topological polar surface area (TPSA) is 12.0 Å². The Hall–Kier alpha value is -0.250. The molecule has 1 aromatic carbocycles. The maximum atomic E-state index is 13.1. The lowest BCUT2D eigenvalue weighted by Gasteiger charge is -2.18. The van der Waals surface area contributed by atoms with Crippen molar-refractivity contribution >= 4 is 23.4 Å². The van der Waals surface area contributed by atoms with Gasteiger partial charge in [-0.25, -0.2) is 4.39 Å². The van der Waals surface area contributed by atoms with Crippen LogP contribution in [0.2, 0.25) is 5.02 Å². The Morgan fingerprint density at radius 1 is 1.32 bits per heavy atom. The van der Waals surface area contributed by atoms with Crippen molar-refractivity contribution in [3.8, 4) is 0 Å². The molecule has 1 N–H and O–H groups in total. The van der Waals surface area contributed by atoms with Crippen LogP contribution >= 0.6 is 23.4 Å². The van der Waals surface area contributed by atoms with Crippen molar-refractivity contribution in [2.75, 3.05) is 18.1 Å². The largest absolute Gasteiger partial charge is 0.313 e. The maximum absolute atomic E-state index is 13.1. The predicted octanol–water partition coefficient (Wildman–Crippen LogP) is 4.39. The number of benzene rings is 1. The smallest absolute Gasteiger partial charge is 0.141 e. The molecule has 0 spiro atoms. The van der Waals surface area contributed by atoms with Crippen LogP contribution in [-0.4, -0.2) is 24.1 Å². The summed E-state index contributed by atoms with van der Waals surface area (Å²) in [6.45, 7) is 7.52. The zero-order valence-corrected chi connectivity index (χ0v) is 13.5. The first-order valence-electron chi connectivity index (χ1n) is 6.78. The second-order valence-electron chi connectivity index (χ2n) is 5.14. The first kappa shape index (κ1) is 16.8. The highest BCUT2D eigenvalue weighted by Crippen LogP contribution is 2.18. The average Bonchev–Trinajstić information content (AvgIpc) is 2.33. The molecule has 4 heteroatoms. The Bertz CT molecular complexity index is 384. The van der Waals surface area contributed by atoms with Crippen LogP contribution in [0.15, 0.2) is 18.2 Å². The molecule has 0 aromatic heterocycles. The Balaban J connectivity index is 2.54. The summed E-state index contributed by atoms with van der Waals surface area (Å²) in [4.78, 5) is 0. The van der Waals surface area contributed by atoms with Gasteiger partial charge >= 0.3 is 0 Å². The first-order chi connectivity index (χ1) is 9.02. The molecule has 0 bridgehead atoms. The van der Waals surface area contributed by atoms with Gasteiger partial charge in [0.1, 0.15) is 5.82 Å². The molecule has 0 aliphatic heterocycles. The molecule has 0 heterocycles. The number of nitrogens with one attached hydrogen (secondary N) is 1. The van der Waals surface area contributed by atoms with Gasteiger partial charge in [-0.2, -0.15) is 11.8 Å². The van der Waals surface area contributed by atoms with Gasteiger partial charge in [0.2, 0.25) is 0 Å². The monoisotopic (exact) mass is 303 g/mol. The standard InChI is InChI=1S/C15H23ClFNS/c1-4-18-13(10-19-9-11(2)3)7-12-5-6-15(17)14(16)8-12/h5-6,8,11,13,18H,4,7,9-10H2,1-3H3. The summed E-state index contributed by atoms with van der Waals surface area (Å²) in [6, 6.07) is 5.41. The number of rotatable bonds is 8. The molecule has 108 valence electrons. The summed E-state index contributed by atoms with van der Waals surface area (Å²) in [5, 5.41) is 3.69. The molecule has 1 unspecified atom stereocenters. The van der Waals surface area contributed by atoms with Crippen molar-refractivity contribution in [2.45, 2.75) is 33.2 Å². The molecule has 1 rings (SSSR count). The quantitative estimate of drug-likeness (QED) is 0.764. The molecule has 0 aliphatic carbocycles. The average molecular weight is 304 g/mol. The fourth-order valence-electron chi connectivity index (χ4n) is 1.88. The number of halogens is 2. The SMILES string of the molecule is CCNC(CSCC(C)C)Cc1ccc(F)c(Cl)c1. The van der Waals surface area contributed by atoms with Crippen molar-refractivity contribution in [1.29, 1.82) is 0 Å². The Labute approximate surface area is 125 Å². The summed E-state index contributed by atoms with van der Waals surface area (Å²) in [6.07, 6.45) is 0.888. The minimum atomic E-state index is -0.348. The Morgan fingerprint density at radius 2 is 2.05 bits per heavy atom. The normalized spacial score (nSPS) is 12.9. The molecule has 0 fully saturated rings. The molecule has 1 aromatic rings. The number of hydrogen-bond acceptors (Lipinski definition) is 2. The van der Waals surface area contributed by atoms with Gasteiger partial charge in [0.05, 0.1) is 5.02 Å². The van der Waals surface area contributed by atoms with E-state index in [0.29, 0.717) is 12.0 Å². The second-order valence-corrected chi connectivity index (χ2v) is 6.62. The number of likely N-dealkylation sites (N-methyl/N-ethyl adjacent to an activating group) is 1. The molecular formula is C15H23ClFNS. The van der Waals surface area contributed by atoms with Gasteiger partial charge < -0.3 is 5.32 Å². The van der Waals surface area contributed by atoms with Crippen molar-refractivity contribution in [3.63, 3.8) is 0 Å². The number of thioether (sulfide) groups is 1. The first-order valence-corrected chi connectivity index (χ1v) is 8.31. The molecule has 0 aliphatic rings. The fraction of sp³-hybridized carbons (Fsp3) is 0.600. The molecular weight excluding hydrogens is 281 g/mol. The molecule has 0 saturated carbocycles. The van der Waals surface area contributed by atoms with E-state index in [0.717, 1.165) is 24.3 Å². The summed E-state index contributed by atoms with van der Waals surface area (Å²) in [5.74, 6) is 2.61. The lowest BCUT2D eigenvalue weighted by molar-refractivity contribution is 0.570. The van der Waals surface area contributed by atoms with Gasteiger partial charge in [-0.3, -0.25) is 0 Å². The minimum Gasteiger partial charge on any atom is -0.313 e. The Kier molecular flexibility index (Phi) is 7.81. The van der Waals surface area contributed by atoms with Crippen LogP contribution in [0.5, 0.6) is 0 Å². The van der Waals surface area contributed by atoms with Gasteiger partial charge in [-0.1, -0.05) is 38.4 Å². The van der Waals surface area contributed by atoms with Crippen LogP contribution in [0.1, 0.15) is 26.3 Å². The molecule has 1 nitrogen and oxygen atoms in total. The van der Waals surface area contributed by atoms with Crippen molar-refractivity contribution in [2.24, 2.45) is 5.92 Å². The van der Waals surface area contributed by atoms with E-state index in [-0.39, 0.29) is 10.8 Å². The van der Waals surface area contributed by atoms with E-state index in [1.807, 2.05) is 17.8 Å². The van der Waals surface area contributed by atoms with E-state index in [1.165, 1.54) is 11.8 Å². The molecule has 19 heavy (non-hydrogen) atoms. The third kappa shape index (κ3) is 6.64. The van der Waals surface area contributed by atoms with Crippen LogP contribution in [0.3, 0.4) is 0 Å². The molecule has 0 saturated heterocycles. The van der Waals surface area contributed by atoms with Gasteiger partial charge in [0.15, 0.2) is 0 Å². The summed E-state index contributed by atoms with van der Waals surface area (Å²) < 4.78 is 13.1. The maximum Gasteiger partial charge on any atom is 0.141 e. The lowest BCUT2D eigenvalue weighted by Crippen LogP contribution is -2.33. The summed E-state index contributed by atoms with van der Waals surface area (Å²) >= 11 is 7.79. The second kappa shape index (κ2) is 8.83. The van der Waals surface area contributed by atoms with Crippen molar-refractivity contribution in [3.05, 3.63) is 34.6 Å². The van der Waals surface area contributed by atoms with Crippen molar-refractivity contribution < 1.29 is 4.39 Å². The van der Waals surface area contributed by atoms with Gasteiger partial charge in [0, 0.05) is 11.8 Å². The van der Waals surface area contributed by atoms with E-state index >= 15 is 0 Å².